The Bertz CT molecular complexity index is 401. The van der Waals surface area contributed by atoms with E-state index in [4.69, 9.17) is 0 Å². The van der Waals surface area contributed by atoms with E-state index in [1.165, 1.54) is 12.8 Å². The lowest BCUT2D eigenvalue weighted by molar-refractivity contribution is 0.0967. The van der Waals surface area contributed by atoms with E-state index in [9.17, 15) is 4.79 Å². The predicted octanol–water partition coefficient (Wildman–Crippen LogP) is 3.36. The number of Topliss-reactive ketones (excluding diaryl/α,β-unsaturated/α-hetero) is 1. The lowest BCUT2D eigenvalue weighted by Crippen LogP contribution is -2.24. The Hall–Kier alpha value is -0.670. The summed E-state index contributed by atoms with van der Waals surface area (Å²) in [7, 11) is 2.10. The van der Waals surface area contributed by atoms with Gasteiger partial charge in [-0.3, -0.25) is 4.79 Å². The average molecular weight is 296 g/mol. The molecule has 1 fully saturated rings. The molecule has 0 N–H and O–H groups in total. The number of benzene rings is 1. The second kappa shape index (κ2) is 5.78. The molecule has 0 spiro atoms. The summed E-state index contributed by atoms with van der Waals surface area (Å²) in [6.07, 6.45) is 3.33. The van der Waals surface area contributed by atoms with Gasteiger partial charge in [-0.2, -0.15) is 0 Å². The molecule has 0 bridgehead atoms. The van der Waals surface area contributed by atoms with Gasteiger partial charge in [0.05, 0.1) is 0 Å². The first-order valence-corrected chi connectivity index (χ1v) is 6.92. The lowest BCUT2D eigenvalue weighted by atomic mass is 10.1. The maximum absolute atomic E-state index is 12.0. The zero-order valence-electron chi connectivity index (χ0n) is 10.2. The Morgan fingerprint density at radius 1 is 1.41 bits per heavy atom. The van der Waals surface area contributed by atoms with Crippen LogP contribution in [0.15, 0.2) is 28.7 Å². The molecule has 17 heavy (non-hydrogen) atoms. The number of rotatable bonds is 6. The minimum atomic E-state index is 0.222. The number of halogens is 1. The highest BCUT2D eigenvalue weighted by Gasteiger charge is 2.22. The molecule has 2 rings (SSSR count). The largest absolute Gasteiger partial charge is 0.306 e. The number of hydrogen-bond donors (Lipinski definition) is 0. The van der Waals surface area contributed by atoms with Crippen LogP contribution in [-0.2, 0) is 0 Å². The SMILES string of the molecule is CN(CCC(=O)c1ccccc1Br)CC1CC1. The van der Waals surface area contributed by atoms with E-state index in [-0.39, 0.29) is 5.78 Å². The molecular formula is C14H18BrNO. The summed E-state index contributed by atoms with van der Waals surface area (Å²) >= 11 is 3.42. The lowest BCUT2D eigenvalue weighted by Gasteiger charge is -2.15. The fourth-order valence-corrected chi connectivity index (χ4v) is 2.45. The number of ketones is 1. The molecule has 2 nitrogen and oxygen atoms in total. The molecule has 1 aromatic rings. The first-order valence-electron chi connectivity index (χ1n) is 6.13. The molecule has 0 heterocycles. The predicted molar refractivity (Wildman–Crippen MR) is 73.3 cm³/mol. The fraction of sp³-hybridized carbons (Fsp3) is 0.500. The molecule has 0 aliphatic heterocycles. The van der Waals surface area contributed by atoms with E-state index in [2.05, 4.69) is 27.9 Å². The van der Waals surface area contributed by atoms with Crippen LogP contribution in [0.2, 0.25) is 0 Å². The molecule has 1 aromatic carbocycles. The Morgan fingerprint density at radius 2 is 2.12 bits per heavy atom. The normalized spacial score (nSPS) is 15.2. The number of carbonyl (C=O) groups excluding carboxylic acids is 1. The maximum atomic E-state index is 12.0. The highest BCUT2D eigenvalue weighted by molar-refractivity contribution is 9.10. The van der Waals surface area contributed by atoms with E-state index in [1.54, 1.807) is 0 Å². The third-order valence-corrected chi connectivity index (χ3v) is 3.85. The summed E-state index contributed by atoms with van der Waals surface area (Å²) in [4.78, 5) is 14.3. The maximum Gasteiger partial charge on any atom is 0.165 e. The van der Waals surface area contributed by atoms with Gasteiger partial charge in [-0.05, 0) is 31.9 Å². The number of nitrogens with zero attached hydrogens (tertiary/aromatic N) is 1. The van der Waals surface area contributed by atoms with Gasteiger partial charge in [0.25, 0.3) is 0 Å². The van der Waals surface area contributed by atoms with E-state index in [0.717, 1.165) is 29.0 Å². The van der Waals surface area contributed by atoms with E-state index < -0.39 is 0 Å². The van der Waals surface area contributed by atoms with Gasteiger partial charge < -0.3 is 4.90 Å². The van der Waals surface area contributed by atoms with Crippen LogP contribution in [0.1, 0.15) is 29.6 Å². The van der Waals surface area contributed by atoms with Crippen LogP contribution in [0, 0.1) is 5.92 Å². The standard InChI is InChI=1S/C14H18BrNO/c1-16(10-11-6-7-11)9-8-14(17)12-4-2-3-5-13(12)15/h2-5,11H,6-10H2,1H3. The molecule has 0 atom stereocenters. The van der Waals surface area contributed by atoms with Gasteiger partial charge >= 0.3 is 0 Å². The Labute approximate surface area is 111 Å². The van der Waals surface area contributed by atoms with Gasteiger partial charge in [0.15, 0.2) is 5.78 Å². The molecule has 0 unspecified atom stereocenters. The highest BCUT2D eigenvalue weighted by Crippen LogP contribution is 2.29. The molecule has 92 valence electrons. The third kappa shape index (κ3) is 3.93. The number of carbonyl (C=O) groups is 1. The van der Waals surface area contributed by atoms with E-state index in [1.807, 2.05) is 24.3 Å². The quantitative estimate of drug-likeness (QED) is 0.750. The summed E-state index contributed by atoms with van der Waals surface area (Å²) in [5.74, 6) is 1.11. The summed E-state index contributed by atoms with van der Waals surface area (Å²) in [5.41, 5.74) is 0.798. The van der Waals surface area contributed by atoms with E-state index >= 15 is 0 Å². The molecule has 1 aliphatic rings. The van der Waals surface area contributed by atoms with Crippen molar-refractivity contribution in [2.75, 3.05) is 20.1 Å². The smallest absolute Gasteiger partial charge is 0.165 e. The zero-order valence-corrected chi connectivity index (χ0v) is 11.7. The first kappa shape index (κ1) is 12.8. The van der Waals surface area contributed by atoms with Crippen LogP contribution in [0.25, 0.3) is 0 Å². The summed E-state index contributed by atoms with van der Waals surface area (Å²) in [6.45, 7) is 2.00. The van der Waals surface area contributed by atoms with Crippen LogP contribution in [0.5, 0.6) is 0 Å². The Kier molecular flexibility index (Phi) is 4.35. The van der Waals surface area contributed by atoms with Gasteiger partial charge in [-0.15, -0.1) is 0 Å². The van der Waals surface area contributed by atoms with Gasteiger partial charge in [0.1, 0.15) is 0 Å². The van der Waals surface area contributed by atoms with Crippen molar-refractivity contribution in [3.8, 4) is 0 Å². The molecule has 1 saturated carbocycles. The van der Waals surface area contributed by atoms with Crippen LogP contribution in [-0.4, -0.2) is 30.8 Å². The van der Waals surface area contributed by atoms with Crippen molar-refractivity contribution in [2.24, 2.45) is 5.92 Å². The Morgan fingerprint density at radius 3 is 2.76 bits per heavy atom. The van der Waals surface area contributed by atoms with Crippen molar-refractivity contribution in [3.63, 3.8) is 0 Å². The van der Waals surface area contributed by atoms with Crippen molar-refractivity contribution >= 4 is 21.7 Å². The second-order valence-corrected chi connectivity index (χ2v) is 5.71. The minimum absolute atomic E-state index is 0.222. The minimum Gasteiger partial charge on any atom is -0.306 e. The first-order chi connectivity index (χ1) is 8.16. The molecule has 0 aromatic heterocycles. The summed E-state index contributed by atoms with van der Waals surface area (Å²) in [6, 6.07) is 7.64. The van der Waals surface area contributed by atoms with Gasteiger partial charge in [0.2, 0.25) is 0 Å². The van der Waals surface area contributed by atoms with E-state index in [0.29, 0.717) is 6.42 Å². The van der Waals surface area contributed by atoms with Gasteiger partial charge in [0, 0.05) is 29.5 Å². The van der Waals surface area contributed by atoms with Gasteiger partial charge in [-0.25, -0.2) is 0 Å². The van der Waals surface area contributed by atoms with Crippen LogP contribution < -0.4 is 0 Å². The third-order valence-electron chi connectivity index (χ3n) is 3.16. The number of hydrogen-bond acceptors (Lipinski definition) is 2. The monoisotopic (exact) mass is 295 g/mol. The van der Waals surface area contributed by atoms with Crippen molar-refractivity contribution in [2.45, 2.75) is 19.3 Å². The van der Waals surface area contributed by atoms with Crippen LogP contribution in [0.4, 0.5) is 0 Å². The average Bonchev–Trinajstić information content (AvgIpc) is 3.10. The summed E-state index contributed by atoms with van der Waals surface area (Å²) < 4.78 is 0.898. The Balaban J connectivity index is 1.82. The summed E-state index contributed by atoms with van der Waals surface area (Å²) in [5, 5.41) is 0. The molecule has 0 radical (unpaired) electrons. The fourth-order valence-electron chi connectivity index (χ4n) is 1.95. The molecule has 3 heteroatoms. The second-order valence-electron chi connectivity index (χ2n) is 4.86. The molecular weight excluding hydrogens is 278 g/mol. The van der Waals surface area contributed by atoms with Crippen molar-refractivity contribution in [3.05, 3.63) is 34.3 Å². The zero-order chi connectivity index (χ0) is 12.3. The van der Waals surface area contributed by atoms with Gasteiger partial charge in [-0.1, -0.05) is 34.1 Å². The van der Waals surface area contributed by atoms with Crippen LogP contribution in [0.3, 0.4) is 0 Å². The molecule has 1 aliphatic carbocycles. The highest BCUT2D eigenvalue weighted by atomic mass is 79.9. The molecule has 0 amide bonds. The van der Waals surface area contributed by atoms with Crippen molar-refractivity contribution < 1.29 is 4.79 Å². The van der Waals surface area contributed by atoms with Crippen molar-refractivity contribution in [1.29, 1.82) is 0 Å². The molecule has 0 saturated heterocycles. The topological polar surface area (TPSA) is 20.3 Å². The van der Waals surface area contributed by atoms with Crippen molar-refractivity contribution in [1.82, 2.24) is 4.90 Å². The van der Waals surface area contributed by atoms with Crippen LogP contribution >= 0.6 is 15.9 Å².